The molecule has 88 valence electrons. The number of aliphatic hydroxyl groups excluding tert-OH is 1. The molecule has 0 bridgehead atoms. The van der Waals surface area contributed by atoms with Crippen molar-refractivity contribution in [2.24, 2.45) is 0 Å². The number of rotatable bonds is 4. The summed E-state index contributed by atoms with van der Waals surface area (Å²) in [7, 11) is 0. The van der Waals surface area contributed by atoms with E-state index in [1.807, 2.05) is 18.2 Å². The lowest BCUT2D eigenvalue weighted by Crippen LogP contribution is -2.06. The Hall–Kier alpha value is -1.68. The van der Waals surface area contributed by atoms with E-state index in [0.29, 0.717) is 11.9 Å². The van der Waals surface area contributed by atoms with Crippen molar-refractivity contribution < 1.29 is 5.11 Å². The molecule has 0 unspecified atom stereocenters. The van der Waals surface area contributed by atoms with Gasteiger partial charge in [-0.25, -0.2) is 0 Å². The van der Waals surface area contributed by atoms with Crippen molar-refractivity contribution in [3.63, 3.8) is 0 Å². The van der Waals surface area contributed by atoms with E-state index in [9.17, 15) is 5.11 Å². The maximum absolute atomic E-state index is 9.25. The van der Waals surface area contributed by atoms with Crippen molar-refractivity contribution in [1.29, 1.82) is 0 Å². The van der Waals surface area contributed by atoms with E-state index in [0.717, 1.165) is 12.2 Å². The maximum atomic E-state index is 9.25. The van der Waals surface area contributed by atoms with Gasteiger partial charge >= 0.3 is 0 Å². The van der Waals surface area contributed by atoms with Gasteiger partial charge in [0.05, 0.1) is 0 Å². The molecule has 1 aliphatic rings. The van der Waals surface area contributed by atoms with Crippen LogP contribution in [0.25, 0.3) is 0 Å². The summed E-state index contributed by atoms with van der Waals surface area (Å²) in [5, 5.41) is 17.5. The summed E-state index contributed by atoms with van der Waals surface area (Å²) in [6.45, 7) is -0.0295. The zero-order chi connectivity index (χ0) is 11.7. The van der Waals surface area contributed by atoms with Gasteiger partial charge in [0.1, 0.15) is 12.4 Å². The Kier molecular flexibility index (Phi) is 2.65. The number of hydrogen-bond donors (Lipinski definition) is 1. The highest BCUT2D eigenvalue weighted by Gasteiger charge is 2.28. The highest BCUT2D eigenvalue weighted by Crippen LogP contribution is 2.36. The molecule has 1 heterocycles. The van der Waals surface area contributed by atoms with Crippen LogP contribution in [0, 0.1) is 0 Å². The summed E-state index contributed by atoms with van der Waals surface area (Å²) < 4.78 is 2.10. The first kappa shape index (κ1) is 10.5. The molecule has 0 radical (unpaired) electrons. The highest BCUT2D eigenvalue weighted by atomic mass is 16.3. The molecule has 3 rings (SSSR count). The summed E-state index contributed by atoms with van der Waals surface area (Å²) in [5.41, 5.74) is 1.23. The smallest absolute Gasteiger partial charge is 0.159 e. The summed E-state index contributed by atoms with van der Waals surface area (Å²) >= 11 is 0. The SMILES string of the molecule is OCc1nnc(Cc2ccccc2)n1C1CC1. The molecule has 0 aliphatic heterocycles. The lowest BCUT2D eigenvalue weighted by molar-refractivity contribution is 0.264. The fraction of sp³-hybridized carbons (Fsp3) is 0.385. The number of aromatic nitrogens is 3. The summed E-state index contributed by atoms with van der Waals surface area (Å²) in [6, 6.07) is 10.7. The fourth-order valence-corrected chi connectivity index (χ4v) is 2.12. The molecular formula is C13H15N3O. The van der Waals surface area contributed by atoms with E-state index in [1.165, 1.54) is 18.4 Å². The standard InChI is InChI=1S/C13H15N3O/c17-9-13-15-14-12(16(13)11-6-7-11)8-10-4-2-1-3-5-10/h1-5,11,17H,6-9H2. The second-order valence-electron chi connectivity index (χ2n) is 4.45. The average Bonchev–Trinajstić information content (AvgIpc) is 3.13. The molecule has 1 fully saturated rings. The molecule has 4 nitrogen and oxygen atoms in total. The molecule has 17 heavy (non-hydrogen) atoms. The molecule has 4 heteroatoms. The van der Waals surface area contributed by atoms with E-state index in [-0.39, 0.29) is 6.61 Å². The Morgan fingerprint density at radius 1 is 1.12 bits per heavy atom. The molecule has 0 spiro atoms. The van der Waals surface area contributed by atoms with Crippen LogP contribution in [-0.4, -0.2) is 19.9 Å². The monoisotopic (exact) mass is 229 g/mol. The Morgan fingerprint density at radius 2 is 1.82 bits per heavy atom. The molecule has 1 aromatic heterocycles. The minimum absolute atomic E-state index is 0.0295. The van der Waals surface area contributed by atoms with E-state index < -0.39 is 0 Å². The van der Waals surface area contributed by atoms with Crippen LogP contribution in [-0.2, 0) is 13.0 Å². The molecule has 1 aliphatic carbocycles. The van der Waals surface area contributed by atoms with E-state index in [4.69, 9.17) is 0 Å². The molecule has 0 saturated heterocycles. The van der Waals surface area contributed by atoms with Crippen LogP contribution < -0.4 is 0 Å². The van der Waals surface area contributed by atoms with Gasteiger partial charge in [0.25, 0.3) is 0 Å². The average molecular weight is 229 g/mol. The second-order valence-corrected chi connectivity index (χ2v) is 4.45. The first-order valence-corrected chi connectivity index (χ1v) is 5.96. The van der Waals surface area contributed by atoms with Crippen molar-refractivity contribution in [3.05, 3.63) is 47.5 Å². The normalized spacial score (nSPS) is 15.1. The summed E-state index contributed by atoms with van der Waals surface area (Å²) in [6.07, 6.45) is 3.13. The maximum Gasteiger partial charge on any atom is 0.159 e. The molecule has 0 amide bonds. The first-order chi connectivity index (χ1) is 8.38. The second kappa shape index (κ2) is 4.30. The summed E-state index contributed by atoms with van der Waals surface area (Å²) in [4.78, 5) is 0. The van der Waals surface area contributed by atoms with Crippen molar-refractivity contribution in [2.45, 2.75) is 31.9 Å². The van der Waals surface area contributed by atoms with Gasteiger partial charge in [-0.1, -0.05) is 30.3 Å². The van der Waals surface area contributed by atoms with E-state index in [2.05, 4.69) is 26.9 Å². The van der Waals surface area contributed by atoms with Crippen LogP contribution in [0.1, 0.15) is 36.1 Å². The van der Waals surface area contributed by atoms with Crippen molar-refractivity contribution in [2.75, 3.05) is 0 Å². The lowest BCUT2D eigenvalue weighted by Gasteiger charge is -2.07. The van der Waals surface area contributed by atoms with Crippen molar-refractivity contribution >= 4 is 0 Å². The number of benzene rings is 1. The topological polar surface area (TPSA) is 50.9 Å². The van der Waals surface area contributed by atoms with E-state index in [1.54, 1.807) is 0 Å². The van der Waals surface area contributed by atoms with Crippen LogP contribution >= 0.6 is 0 Å². The van der Waals surface area contributed by atoms with Gasteiger partial charge in [-0.3, -0.25) is 0 Å². The van der Waals surface area contributed by atoms with E-state index >= 15 is 0 Å². The van der Waals surface area contributed by atoms with Crippen LogP contribution in [0.2, 0.25) is 0 Å². The Bertz CT molecular complexity index is 503. The van der Waals surface area contributed by atoms with Crippen LogP contribution in [0.4, 0.5) is 0 Å². The Balaban J connectivity index is 1.90. The van der Waals surface area contributed by atoms with Crippen LogP contribution in [0.3, 0.4) is 0 Å². The third-order valence-corrected chi connectivity index (χ3v) is 3.10. The van der Waals surface area contributed by atoms with Gasteiger partial charge < -0.3 is 9.67 Å². The van der Waals surface area contributed by atoms with Gasteiger partial charge in [0.2, 0.25) is 0 Å². The number of aliphatic hydroxyl groups is 1. The largest absolute Gasteiger partial charge is 0.388 e. The molecular weight excluding hydrogens is 214 g/mol. The minimum Gasteiger partial charge on any atom is -0.388 e. The van der Waals surface area contributed by atoms with Crippen LogP contribution in [0.5, 0.6) is 0 Å². The first-order valence-electron chi connectivity index (χ1n) is 5.96. The third-order valence-electron chi connectivity index (χ3n) is 3.10. The molecule has 1 aromatic carbocycles. The number of nitrogens with zero attached hydrogens (tertiary/aromatic N) is 3. The molecule has 1 N–H and O–H groups in total. The van der Waals surface area contributed by atoms with Gasteiger partial charge in [-0.2, -0.15) is 0 Å². The number of hydrogen-bond acceptors (Lipinski definition) is 3. The minimum atomic E-state index is -0.0295. The third kappa shape index (κ3) is 2.08. The van der Waals surface area contributed by atoms with Gasteiger partial charge in [0.15, 0.2) is 5.82 Å². The molecule has 1 saturated carbocycles. The zero-order valence-electron chi connectivity index (χ0n) is 9.58. The quantitative estimate of drug-likeness (QED) is 0.868. The summed E-state index contributed by atoms with van der Waals surface area (Å²) in [5.74, 6) is 1.65. The van der Waals surface area contributed by atoms with Crippen molar-refractivity contribution in [1.82, 2.24) is 14.8 Å². The fourth-order valence-electron chi connectivity index (χ4n) is 2.12. The predicted molar refractivity (Wildman–Crippen MR) is 63.5 cm³/mol. The highest BCUT2D eigenvalue weighted by molar-refractivity contribution is 5.20. The van der Waals surface area contributed by atoms with Gasteiger partial charge in [-0.05, 0) is 18.4 Å². The van der Waals surface area contributed by atoms with Crippen molar-refractivity contribution in [3.8, 4) is 0 Å². The zero-order valence-corrected chi connectivity index (χ0v) is 9.58. The molecule has 0 atom stereocenters. The molecule has 2 aromatic rings. The Morgan fingerprint density at radius 3 is 2.47 bits per heavy atom. The lowest BCUT2D eigenvalue weighted by atomic mass is 10.1. The predicted octanol–water partition coefficient (Wildman–Crippen LogP) is 1.70. The van der Waals surface area contributed by atoms with Crippen LogP contribution in [0.15, 0.2) is 30.3 Å². The Labute approximate surface area is 99.9 Å². The van der Waals surface area contributed by atoms with Gasteiger partial charge in [0, 0.05) is 12.5 Å². The van der Waals surface area contributed by atoms with Gasteiger partial charge in [-0.15, -0.1) is 10.2 Å².